The van der Waals surface area contributed by atoms with Gasteiger partial charge in [0.15, 0.2) is 4.80 Å². The maximum Gasteiger partial charge on any atom is 0.338 e. The quantitative estimate of drug-likeness (QED) is 0.292. The molecular formula is C33H28ClN3O5S. The first kappa shape index (κ1) is 28.6. The van der Waals surface area contributed by atoms with Crippen molar-refractivity contribution in [3.8, 4) is 5.75 Å². The van der Waals surface area contributed by atoms with Gasteiger partial charge in [-0.05, 0) is 56.2 Å². The largest absolute Gasteiger partial charge is 0.497 e. The molecule has 10 heteroatoms. The number of carbonyl (C=O) groups excluding carboxylic acids is 2. The van der Waals surface area contributed by atoms with E-state index >= 15 is 0 Å². The number of thiazole rings is 1. The van der Waals surface area contributed by atoms with Crippen molar-refractivity contribution in [2.75, 3.05) is 12.0 Å². The second-order valence-electron chi connectivity index (χ2n) is 10.5. The Kier molecular flexibility index (Phi) is 7.54. The number of anilines is 1. The summed E-state index contributed by atoms with van der Waals surface area (Å²) in [6.07, 6.45) is -0.368. The van der Waals surface area contributed by atoms with Gasteiger partial charge in [0.25, 0.3) is 11.5 Å². The topological polar surface area (TPSA) is 90.2 Å². The molecule has 3 heterocycles. The van der Waals surface area contributed by atoms with Crippen LogP contribution in [0.4, 0.5) is 5.69 Å². The number of carbonyl (C=O) groups is 2. The highest BCUT2D eigenvalue weighted by atomic mass is 35.5. The van der Waals surface area contributed by atoms with Crippen molar-refractivity contribution >= 4 is 46.1 Å². The third kappa shape index (κ3) is 4.98. The highest BCUT2D eigenvalue weighted by molar-refractivity contribution is 7.07. The van der Waals surface area contributed by atoms with Crippen LogP contribution in [0.15, 0.2) is 93.9 Å². The van der Waals surface area contributed by atoms with Crippen LogP contribution in [0.2, 0.25) is 5.02 Å². The van der Waals surface area contributed by atoms with Crippen molar-refractivity contribution in [2.24, 2.45) is 4.99 Å². The summed E-state index contributed by atoms with van der Waals surface area (Å²) in [5.74, 6) is -0.220. The molecule has 2 aliphatic rings. The third-order valence-corrected chi connectivity index (χ3v) is 8.85. The minimum Gasteiger partial charge on any atom is -0.497 e. The molecule has 0 fully saturated rings. The predicted octanol–water partition coefficient (Wildman–Crippen LogP) is 4.77. The number of ether oxygens (including phenoxy) is 2. The molecule has 0 unspecified atom stereocenters. The molecule has 2 aliphatic heterocycles. The molecule has 1 aromatic heterocycles. The van der Waals surface area contributed by atoms with Crippen molar-refractivity contribution in [3.63, 3.8) is 0 Å². The van der Waals surface area contributed by atoms with Crippen LogP contribution in [0.3, 0.4) is 0 Å². The zero-order valence-corrected chi connectivity index (χ0v) is 25.5. The maximum absolute atomic E-state index is 14.4. The molecule has 0 spiro atoms. The fraction of sp³-hybridized carbons (Fsp3) is 0.212. The smallest absolute Gasteiger partial charge is 0.338 e. The summed E-state index contributed by atoms with van der Waals surface area (Å²) < 4.78 is 12.7. The van der Waals surface area contributed by atoms with E-state index in [2.05, 4.69) is 4.99 Å². The van der Waals surface area contributed by atoms with Crippen LogP contribution in [-0.4, -0.2) is 29.7 Å². The molecule has 1 atom stereocenters. The number of esters is 1. The van der Waals surface area contributed by atoms with Crippen LogP contribution < -0.4 is 24.5 Å². The Morgan fingerprint density at radius 1 is 1.02 bits per heavy atom. The molecule has 43 heavy (non-hydrogen) atoms. The Bertz CT molecular complexity index is 1990. The van der Waals surface area contributed by atoms with Gasteiger partial charge in [-0.1, -0.05) is 71.5 Å². The van der Waals surface area contributed by atoms with Crippen molar-refractivity contribution in [1.82, 2.24) is 4.57 Å². The number of nitrogens with zero attached hydrogens (tertiary/aromatic N) is 3. The standard InChI is InChI=1S/C33H28ClN3O5S/c1-18(2)42-32(40)26-19(3)35-33-37(28(26)20-13-15-22(41-4)16-14-20)31(39)29(43-33)27-23-10-6-8-12-25(23)36(30(27)38)17-21-9-5-7-11-24(21)34/h5-16,18,28H,17H2,1-4H3/b29-27+/t28-/m0/s1. The zero-order valence-electron chi connectivity index (χ0n) is 24.0. The third-order valence-electron chi connectivity index (χ3n) is 7.43. The highest BCUT2D eigenvalue weighted by Crippen LogP contribution is 2.37. The van der Waals surface area contributed by atoms with E-state index in [1.807, 2.05) is 54.6 Å². The number of methoxy groups -OCH3 is 1. The molecule has 0 saturated heterocycles. The van der Waals surface area contributed by atoms with Crippen LogP contribution in [0.1, 0.15) is 43.5 Å². The number of halogens is 1. The number of rotatable bonds is 6. The van der Waals surface area contributed by atoms with Crippen molar-refractivity contribution in [1.29, 1.82) is 0 Å². The lowest BCUT2D eigenvalue weighted by Gasteiger charge is -2.25. The second-order valence-corrected chi connectivity index (χ2v) is 11.9. The van der Waals surface area contributed by atoms with Gasteiger partial charge in [0.2, 0.25) is 0 Å². The minimum atomic E-state index is -0.811. The van der Waals surface area contributed by atoms with E-state index in [0.29, 0.717) is 43.7 Å². The Hall–Kier alpha value is -4.47. The second kappa shape index (κ2) is 11.3. The number of aromatic nitrogens is 1. The number of amides is 1. The number of allylic oxidation sites excluding steroid dienone is 1. The fourth-order valence-electron chi connectivity index (χ4n) is 5.47. The van der Waals surface area contributed by atoms with Crippen molar-refractivity contribution in [3.05, 3.63) is 125 Å². The van der Waals surface area contributed by atoms with E-state index in [9.17, 15) is 14.4 Å². The molecule has 0 aliphatic carbocycles. The van der Waals surface area contributed by atoms with E-state index in [1.165, 1.54) is 4.57 Å². The number of benzene rings is 3. The van der Waals surface area contributed by atoms with Crippen LogP contribution in [0.25, 0.3) is 5.57 Å². The normalized spacial score (nSPS) is 17.1. The van der Waals surface area contributed by atoms with Crippen molar-refractivity contribution in [2.45, 2.75) is 39.5 Å². The monoisotopic (exact) mass is 613 g/mol. The minimum absolute atomic E-state index is 0.246. The van der Waals surface area contributed by atoms with Gasteiger partial charge in [-0.15, -0.1) is 0 Å². The van der Waals surface area contributed by atoms with Crippen LogP contribution in [-0.2, 0) is 20.9 Å². The van der Waals surface area contributed by atoms with Gasteiger partial charge in [0.05, 0.1) is 48.3 Å². The van der Waals surface area contributed by atoms with Gasteiger partial charge < -0.3 is 14.4 Å². The summed E-state index contributed by atoms with van der Waals surface area (Å²) in [6, 6.07) is 21.1. The zero-order chi connectivity index (χ0) is 30.4. The van der Waals surface area contributed by atoms with E-state index in [1.54, 1.807) is 51.0 Å². The van der Waals surface area contributed by atoms with Crippen LogP contribution in [0, 0.1) is 0 Å². The van der Waals surface area contributed by atoms with E-state index in [4.69, 9.17) is 21.1 Å². The first-order chi connectivity index (χ1) is 20.7. The van der Waals surface area contributed by atoms with Gasteiger partial charge in [0, 0.05) is 10.6 Å². The lowest BCUT2D eigenvalue weighted by molar-refractivity contribution is -0.143. The molecule has 3 aromatic carbocycles. The Morgan fingerprint density at radius 2 is 1.72 bits per heavy atom. The number of para-hydroxylation sites is 1. The molecule has 1 amide bonds. The average molecular weight is 614 g/mol. The number of hydrogen-bond acceptors (Lipinski definition) is 7. The molecule has 0 N–H and O–H groups in total. The van der Waals surface area contributed by atoms with E-state index < -0.39 is 17.6 Å². The van der Waals surface area contributed by atoms with Gasteiger partial charge >= 0.3 is 5.97 Å². The Labute approximate surface area is 256 Å². The molecular weight excluding hydrogens is 586 g/mol. The lowest BCUT2D eigenvalue weighted by atomic mass is 9.95. The molecule has 0 radical (unpaired) electrons. The van der Waals surface area contributed by atoms with Gasteiger partial charge in [-0.2, -0.15) is 0 Å². The van der Waals surface area contributed by atoms with E-state index in [0.717, 1.165) is 16.9 Å². The van der Waals surface area contributed by atoms with Crippen LogP contribution in [0.5, 0.6) is 5.75 Å². The van der Waals surface area contributed by atoms with Gasteiger partial charge in [0.1, 0.15) is 10.3 Å². The summed E-state index contributed by atoms with van der Waals surface area (Å²) in [5.41, 5.74) is 3.42. The summed E-state index contributed by atoms with van der Waals surface area (Å²) in [6.45, 7) is 5.51. The van der Waals surface area contributed by atoms with Crippen LogP contribution >= 0.6 is 22.9 Å². The first-order valence-electron chi connectivity index (χ1n) is 13.7. The first-order valence-corrected chi connectivity index (χ1v) is 14.9. The molecule has 0 saturated carbocycles. The SMILES string of the molecule is COc1ccc([C@H]2C(C(=O)OC(C)C)=C(C)N=c3s/c(=C4/C(=O)N(Cc5ccccc5Cl)c5ccccc54)c(=O)n32)cc1. The fourth-order valence-corrected chi connectivity index (χ4v) is 6.80. The molecule has 218 valence electrons. The van der Waals surface area contributed by atoms with Crippen molar-refractivity contribution < 1.29 is 19.1 Å². The molecule has 0 bridgehead atoms. The summed E-state index contributed by atoms with van der Waals surface area (Å²) in [4.78, 5) is 48.6. The maximum atomic E-state index is 14.4. The molecule has 4 aromatic rings. The molecule has 8 nitrogen and oxygen atoms in total. The summed E-state index contributed by atoms with van der Waals surface area (Å²) in [5, 5.41) is 0.552. The predicted molar refractivity (Wildman–Crippen MR) is 166 cm³/mol. The van der Waals surface area contributed by atoms with Gasteiger partial charge in [-0.3, -0.25) is 14.2 Å². The number of fused-ring (bicyclic) bond motifs is 2. The highest BCUT2D eigenvalue weighted by Gasteiger charge is 2.37. The van der Waals surface area contributed by atoms with E-state index in [-0.39, 0.29) is 28.7 Å². The molecule has 6 rings (SSSR count). The average Bonchev–Trinajstić information content (AvgIpc) is 3.45. The Balaban J connectivity index is 1.57. The van der Waals surface area contributed by atoms with Gasteiger partial charge in [-0.25, -0.2) is 9.79 Å². The summed E-state index contributed by atoms with van der Waals surface area (Å²) in [7, 11) is 1.57. The summed E-state index contributed by atoms with van der Waals surface area (Å²) >= 11 is 7.58. The lowest BCUT2D eigenvalue weighted by Crippen LogP contribution is -2.41. The number of hydrogen-bond donors (Lipinski definition) is 0. The Morgan fingerprint density at radius 3 is 2.42 bits per heavy atom.